The summed E-state index contributed by atoms with van der Waals surface area (Å²) >= 11 is 0. The van der Waals surface area contributed by atoms with Crippen molar-refractivity contribution >= 4 is 0 Å². The average Bonchev–Trinajstić information content (AvgIpc) is 3.12. The summed E-state index contributed by atoms with van der Waals surface area (Å²) in [4.78, 5) is 0. The molecule has 0 spiro atoms. The molecular formula is C30H52O4. The second-order valence-corrected chi connectivity index (χ2v) is 14.6. The quantitative estimate of drug-likeness (QED) is 0.397. The fourth-order valence-electron chi connectivity index (χ4n) is 10.3. The van der Waals surface area contributed by atoms with E-state index in [9.17, 15) is 20.4 Å². The molecule has 4 aliphatic carbocycles. The molecule has 0 aromatic heterocycles. The van der Waals surface area contributed by atoms with Crippen LogP contribution in [0.15, 0.2) is 12.2 Å². The van der Waals surface area contributed by atoms with Gasteiger partial charge in [-0.15, -0.1) is 0 Å². The van der Waals surface area contributed by atoms with Crippen molar-refractivity contribution in [3.05, 3.63) is 12.2 Å². The molecule has 0 radical (unpaired) electrons. The highest BCUT2D eigenvalue weighted by atomic mass is 16.3. The Bertz CT molecular complexity index is 804. The van der Waals surface area contributed by atoms with E-state index in [1.165, 1.54) is 0 Å². The zero-order valence-electron chi connectivity index (χ0n) is 22.9. The number of aliphatic hydroxyl groups excluding tert-OH is 3. The summed E-state index contributed by atoms with van der Waals surface area (Å²) in [5.41, 5.74) is -0.0556. The van der Waals surface area contributed by atoms with Gasteiger partial charge in [-0.1, -0.05) is 46.8 Å². The van der Waals surface area contributed by atoms with E-state index in [4.69, 9.17) is 0 Å². The van der Waals surface area contributed by atoms with Crippen molar-refractivity contribution in [1.29, 1.82) is 0 Å². The molecule has 4 heteroatoms. The fraction of sp³-hybridized carbons (Fsp3) is 0.933. The van der Waals surface area contributed by atoms with Gasteiger partial charge in [0.2, 0.25) is 0 Å². The second-order valence-electron chi connectivity index (χ2n) is 14.6. The van der Waals surface area contributed by atoms with Crippen molar-refractivity contribution in [2.24, 2.45) is 45.3 Å². The van der Waals surface area contributed by atoms with E-state index in [0.29, 0.717) is 24.7 Å². The van der Waals surface area contributed by atoms with Crippen LogP contribution >= 0.6 is 0 Å². The van der Waals surface area contributed by atoms with Gasteiger partial charge in [0.05, 0.1) is 23.9 Å². The molecule has 0 aromatic rings. The molecule has 4 nitrogen and oxygen atoms in total. The Morgan fingerprint density at radius 3 is 2.21 bits per heavy atom. The lowest BCUT2D eigenvalue weighted by atomic mass is 9.35. The third kappa shape index (κ3) is 3.60. The summed E-state index contributed by atoms with van der Waals surface area (Å²) in [5, 5.41) is 44.5. The number of rotatable bonds is 5. The third-order valence-corrected chi connectivity index (χ3v) is 12.7. The SMILES string of the molecule is C=C(C)C(O)CC[C@](C)(O)[C@H]1CC[C@@]2(C)[C@H]1[C@H](O)C[C@@H]1[C@@]3(C)CC[C@@H](O)C(C)(C)C3CC[C@]12C. The third-order valence-electron chi connectivity index (χ3n) is 12.7. The van der Waals surface area contributed by atoms with Crippen LogP contribution in [0.1, 0.15) is 106 Å². The Labute approximate surface area is 208 Å². The lowest BCUT2D eigenvalue weighted by Gasteiger charge is -2.70. The molecule has 0 aliphatic heterocycles. The summed E-state index contributed by atoms with van der Waals surface area (Å²) in [7, 11) is 0. The molecule has 0 aromatic carbocycles. The topological polar surface area (TPSA) is 80.9 Å². The maximum absolute atomic E-state index is 11.8. The zero-order chi connectivity index (χ0) is 25.5. The van der Waals surface area contributed by atoms with E-state index in [2.05, 4.69) is 41.2 Å². The van der Waals surface area contributed by atoms with Gasteiger partial charge in [0.15, 0.2) is 0 Å². The number of hydrogen-bond acceptors (Lipinski definition) is 4. The van der Waals surface area contributed by atoms with Crippen LogP contribution in [0.5, 0.6) is 0 Å². The van der Waals surface area contributed by atoms with E-state index in [1.54, 1.807) is 0 Å². The van der Waals surface area contributed by atoms with Crippen molar-refractivity contribution in [2.75, 3.05) is 0 Å². The minimum Gasteiger partial charge on any atom is -0.393 e. The van der Waals surface area contributed by atoms with Crippen LogP contribution < -0.4 is 0 Å². The lowest BCUT2D eigenvalue weighted by Crippen LogP contribution is -2.66. The van der Waals surface area contributed by atoms with Gasteiger partial charge in [-0.3, -0.25) is 0 Å². The van der Waals surface area contributed by atoms with Crippen LogP contribution in [0.4, 0.5) is 0 Å². The number of hydrogen-bond donors (Lipinski definition) is 4. The van der Waals surface area contributed by atoms with Crippen LogP contribution in [0.25, 0.3) is 0 Å². The predicted molar refractivity (Wildman–Crippen MR) is 137 cm³/mol. The van der Waals surface area contributed by atoms with Crippen LogP contribution in [0.2, 0.25) is 0 Å². The van der Waals surface area contributed by atoms with Crippen molar-refractivity contribution in [3.8, 4) is 0 Å². The first-order valence-corrected chi connectivity index (χ1v) is 13.9. The smallest absolute Gasteiger partial charge is 0.0745 e. The predicted octanol–water partition coefficient (Wildman–Crippen LogP) is 5.47. The number of fused-ring (bicyclic) bond motifs is 5. The van der Waals surface area contributed by atoms with E-state index >= 15 is 0 Å². The van der Waals surface area contributed by atoms with Gasteiger partial charge in [0, 0.05) is 0 Å². The first kappa shape index (κ1) is 26.6. The van der Waals surface area contributed by atoms with Gasteiger partial charge in [0.25, 0.3) is 0 Å². The molecule has 0 bridgehead atoms. The lowest BCUT2D eigenvalue weighted by molar-refractivity contribution is -0.246. The van der Waals surface area contributed by atoms with Crippen molar-refractivity contribution in [1.82, 2.24) is 0 Å². The maximum atomic E-state index is 11.8. The molecular weight excluding hydrogens is 424 g/mol. The summed E-state index contributed by atoms with van der Waals surface area (Å²) < 4.78 is 0. The minimum absolute atomic E-state index is 0.0227. The molecule has 4 saturated carbocycles. The molecule has 34 heavy (non-hydrogen) atoms. The zero-order valence-corrected chi connectivity index (χ0v) is 22.9. The van der Waals surface area contributed by atoms with Crippen LogP contribution in [0, 0.1) is 45.3 Å². The highest BCUT2D eigenvalue weighted by molar-refractivity contribution is 5.20. The summed E-state index contributed by atoms with van der Waals surface area (Å²) in [5.74, 6) is 1.01. The average molecular weight is 477 g/mol. The van der Waals surface area contributed by atoms with Gasteiger partial charge in [-0.2, -0.15) is 0 Å². The van der Waals surface area contributed by atoms with Crippen molar-refractivity contribution < 1.29 is 20.4 Å². The standard InChI is InChI=1S/C30H52O4/c1-18(2)20(31)10-16-30(8,34)19-9-14-29(7)25(19)21(32)17-23-27(5)13-12-24(33)26(3,4)22(27)11-15-28(23,29)6/h19-25,31-34H,1,9-17H2,2-8H3/t19-,20?,21+,22?,23+,24+,25+,27-,28+,29-,30-/m0/s1. The minimum atomic E-state index is -0.916. The second kappa shape index (κ2) is 8.30. The van der Waals surface area contributed by atoms with Crippen LogP contribution in [-0.2, 0) is 0 Å². The van der Waals surface area contributed by atoms with Crippen LogP contribution in [-0.4, -0.2) is 44.3 Å². The Morgan fingerprint density at radius 1 is 0.971 bits per heavy atom. The maximum Gasteiger partial charge on any atom is 0.0745 e. The molecule has 4 N–H and O–H groups in total. The molecule has 2 unspecified atom stereocenters. The van der Waals surface area contributed by atoms with Crippen molar-refractivity contribution in [2.45, 2.75) is 130 Å². The largest absolute Gasteiger partial charge is 0.393 e. The Balaban J connectivity index is 1.64. The Hall–Kier alpha value is -0.420. The van der Waals surface area contributed by atoms with Gasteiger partial charge in [0.1, 0.15) is 0 Å². The van der Waals surface area contributed by atoms with Gasteiger partial charge < -0.3 is 20.4 Å². The highest BCUT2D eigenvalue weighted by Crippen LogP contribution is 2.75. The first-order chi connectivity index (χ1) is 15.5. The molecule has 11 atom stereocenters. The van der Waals surface area contributed by atoms with Gasteiger partial charge in [-0.05, 0) is 117 Å². The molecule has 196 valence electrons. The normalized spacial score (nSPS) is 50.4. The number of aliphatic hydroxyl groups is 4. The van der Waals surface area contributed by atoms with Gasteiger partial charge >= 0.3 is 0 Å². The van der Waals surface area contributed by atoms with E-state index in [0.717, 1.165) is 50.5 Å². The fourth-order valence-corrected chi connectivity index (χ4v) is 10.3. The summed E-state index contributed by atoms with van der Waals surface area (Å²) in [6.07, 6.45) is 6.72. The molecule has 0 heterocycles. The van der Waals surface area contributed by atoms with E-state index in [-0.39, 0.29) is 39.6 Å². The molecule has 0 amide bonds. The summed E-state index contributed by atoms with van der Waals surface area (Å²) in [6, 6.07) is 0. The highest BCUT2D eigenvalue weighted by Gasteiger charge is 2.71. The Morgan fingerprint density at radius 2 is 1.59 bits per heavy atom. The van der Waals surface area contributed by atoms with E-state index < -0.39 is 17.8 Å². The molecule has 0 saturated heterocycles. The summed E-state index contributed by atoms with van der Waals surface area (Å²) in [6.45, 7) is 19.5. The van der Waals surface area contributed by atoms with Gasteiger partial charge in [-0.25, -0.2) is 0 Å². The van der Waals surface area contributed by atoms with E-state index in [1.807, 2.05) is 13.8 Å². The Kier molecular flexibility index (Phi) is 6.50. The first-order valence-electron chi connectivity index (χ1n) is 13.9. The van der Waals surface area contributed by atoms with Crippen LogP contribution in [0.3, 0.4) is 0 Å². The molecule has 4 aliphatic rings. The molecule has 4 rings (SSSR count). The molecule has 4 fully saturated rings. The monoisotopic (exact) mass is 476 g/mol. The van der Waals surface area contributed by atoms with Crippen molar-refractivity contribution in [3.63, 3.8) is 0 Å².